The third kappa shape index (κ3) is 4.08. The van der Waals surface area contributed by atoms with Crippen molar-refractivity contribution in [1.82, 2.24) is 9.97 Å². The van der Waals surface area contributed by atoms with Crippen LogP contribution in [0.25, 0.3) is 99.2 Å². The van der Waals surface area contributed by atoms with E-state index in [0.29, 0.717) is 0 Å². The Kier molecular flexibility index (Phi) is 6.01. The van der Waals surface area contributed by atoms with E-state index in [1.807, 2.05) is 18.3 Å². The third-order valence-corrected chi connectivity index (χ3v) is 11.3. The average Bonchev–Trinajstić information content (AvgIpc) is 3.69. The van der Waals surface area contributed by atoms with Gasteiger partial charge < -0.3 is 4.42 Å². The van der Waals surface area contributed by atoms with Gasteiger partial charge in [-0.3, -0.25) is 4.98 Å². The zero-order valence-corrected chi connectivity index (χ0v) is 28.8. The van der Waals surface area contributed by atoms with Crippen molar-refractivity contribution in [2.24, 2.45) is 0 Å². The normalized spacial score (nSPS) is 13.3. The van der Waals surface area contributed by atoms with Gasteiger partial charge in [0.15, 0.2) is 0 Å². The van der Waals surface area contributed by atoms with Gasteiger partial charge in [0, 0.05) is 38.1 Å². The van der Waals surface area contributed by atoms with Crippen molar-refractivity contribution in [3.63, 3.8) is 0 Å². The van der Waals surface area contributed by atoms with Crippen molar-refractivity contribution in [3.8, 4) is 44.6 Å². The largest absolute Gasteiger partial charge is 0.455 e. The van der Waals surface area contributed by atoms with Gasteiger partial charge >= 0.3 is 0 Å². The van der Waals surface area contributed by atoms with Crippen molar-refractivity contribution in [1.29, 1.82) is 0 Å². The number of hydrogen-bond acceptors (Lipinski definition) is 3. The number of fused-ring (bicyclic) bond motifs is 12. The van der Waals surface area contributed by atoms with Gasteiger partial charge in [-0.15, -0.1) is 0 Å². The molecule has 0 spiro atoms. The van der Waals surface area contributed by atoms with Crippen LogP contribution in [0.2, 0.25) is 0 Å². The van der Waals surface area contributed by atoms with Gasteiger partial charge in [0.2, 0.25) is 0 Å². The van der Waals surface area contributed by atoms with Crippen molar-refractivity contribution < 1.29 is 4.42 Å². The summed E-state index contributed by atoms with van der Waals surface area (Å²) in [7, 11) is 0. The second-order valence-corrected chi connectivity index (χ2v) is 14.5. The maximum Gasteiger partial charge on any atom is 0.143 e. The average molecular weight is 665 g/mol. The highest BCUT2D eigenvalue weighted by molar-refractivity contribution is 6.23. The van der Waals surface area contributed by atoms with Crippen LogP contribution in [0.3, 0.4) is 0 Å². The van der Waals surface area contributed by atoms with E-state index >= 15 is 0 Å². The van der Waals surface area contributed by atoms with E-state index in [1.54, 1.807) is 0 Å². The lowest BCUT2D eigenvalue weighted by Gasteiger charge is -2.23. The highest BCUT2D eigenvalue weighted by Gasteiger charge is 2.36. The third-order valence-electron chi connectivity index (χ3n) is 11.3. The summed E-state index contributed by atoms with van der Waals surface area (Å²) in [4.78, 5) is 10.3. The van der Waals surface area contributed by atoms with E-state index in [9.17, 15) is 0 Å². The molecule has 3 heteroatoms. The first kappa shape index (κ1) is 29.2. The Morgan fingerprint density at radius 2 is 1.00 bits per heavy atom. The van der Waals surface area contributed by atoms with Gasteiger partial charge in [-0.2, -0.15) is 0 Å². The van der Waals surface area contributed by atoms with Crippen LogP contribution in [-0.2, 0) is 5.41 Å². The minimum atomic E-state index is -0.211. The van der Waals surface area contributed by atoms with Crippen LogP contribution >= 0.6 is 0 Å². The minimum Gasteiger partial charge on any atom is -0.455 e. The van der Waals surface area contributed by atoms with Gasteiger partial charge in [-0.05, 0) is 67.9 Å². The van der Waals surface area contributed by atoms with E-state index in [0.717, 1.165) is 66.1 Å². The SMILES string of the molecule is CC1(C)c2cc(-c3cnc4c5ccccc5c5ccccc5c4n3)ccc2-c2ccc(-c3ccccc3-c3cccc4c3oc3ccccc34)cc21. The molecule has 0 bridgehead atoms. The molecule has 8 aromatic carbocycles. The molecule has 0 amide bonds. The highest BCUT2D eigenvalue weighted by atomic mass is 16.3. The van der Waals surface area contributed by atoms with Crippen molar-refractivity contribution in [3.05, 3.63) is 169 Å². The maximum atomic E-state index is 6.48. The van der Waals surface area contributed by atoms with E-state index in [4.69, 9.17) is 14.4 Å². The molecule has 2 heterocycles. The summed E-state index contributed by atoms with van der Waals surface area (Å²) in [5.41, 5.74) is 15.3. The molecule has 3 nitrogen and oxygen atoms in total. The van der Waals surface area contributed by atoms with Gasteiger partial charge in [0.25, 0.3) is 0 Å². The summed E-state index contributed by atoms with van der Waals surface area (Å²) in [5, 5.41) is 6.95. The molecule has 52 heavy (non-hydrogen) atoms. The topological polar surface area (TPSA) is 38.9 Å². The maximum absolute atomic E-state index is 6.48. The van der Waals surface area contributed by atoms with E-state index in [-0.39, 0.29) is 5.41 Å². The summed E-state index contributed by atoms with van der Waals surface area (Å²) < 4.78 is 6.48. The fourth-order valence-corrected chi connectivity index (χ4v) is 8.76. The number of benzene rings is 8. The summed E-state index contributed by atoms with van der Waals surface area (Å²) in [6.45, 7) is 4.69. The highest BCUT2D eigenvalue weighted by Crippen LogP contribution is 2.51. The smallest absolute Gasteiger partial charge is 0.143 e. The summed E-state index contributed by atoms with van der Waals surface area (Å²) in [6.07, 6.45) is 1.94. The second-order valence-electron chi connectivity index (χ2n) is 14.5. The zero-order chi connectivity index (χ0) is 34.6. The molecular formula is C49H32N2O. The molecule has 1 aliphatic rings. The second kappa shape index (κ2) is 10.7. The van der Waals surface area contributed by atoms with Crippen LogP contribution in [0.4, 0.5) is 0 Å². The quantitative estimate of drug-likeness (QED) is 0.176. The summed E-state index contributed by atoms with van der Waals surface area (Å²) in [5.74, 6) is 0. The van der Waals surface area contributed by atoms with Crippen LogP contribution in [0.15, 0.2) is 162 Å². The molecule has 0 radical (unpaired) electrons. The minimum absolute atomic E-state index is 0.211. The predicted molar refractivity (Wildman–Crippen MR) is 216 cm³/mol. The molecule has 1 aliphatic carbocycles. The van der Waals surface area contributed by atoms with E-state index in [2.05, 4.69) is 153 Å². The molecule has 244 valence electrons. The Labute approximate surface area is 300 Å². The Morgan fingerprint density at radius 3 is 1.75 bits per heavy atom. The Morgan fingerprint density at radius 1 is 0.442 bits per heavy atom. The van der Waals surface area contributed by atoms with Crippen LogP contribution in [0.1, 0.15) is 25.0 Å². The van der Waals surface area contributed by atoms with Crippen LogP contribution in [-0.4, -0.2) is 9.97 Å². The lowest BCUT2D eigenvalue weighted by atomic mass is 9.80. The van der Waals surface area contributed by atoms with Gasteiger partial charge in [0.1, 0.15) is 11.2 Å². The lowest BCUT2D eigenvalue weighted by molar-refractivity contribution is 0.661. The number of aromatic nitrogens is 2. The first-order valence-corrected chi connectivity index (χ1v) is 17.9. The Balaban J connectivity index is 1.02. The van der Waals surface area contributed by atoms with E-state index in [1.165, 1.54) is 44.2 Å². The van der Waals surface area contributed by atoms with Crippen LogP contribution in [0.5, 0.6) is 0 Å². The molecule has 0 aliphatic heterocycles. The molecule has 0 unspecified atom stereocenters. The number of para-hydroxylation sites is 2. The van der Waals surface area contributed by atoms with Crippen molar-refractivity contribution in [2.75, 3.05) is 0 Å². The Bertz CT molecular complexity index is 3080. The Hall–Kier alpha value is -6.58. The van der Waals surface area contributed by atoms with Crippen molar-refractivity contribution in [2.45, 2.75) is 19.3 Å². The first-order chi connectivity index (χ1) is 25.5. The number of nitrogens with zero attached hydrogens (tertiary/aromatic N) is 2. The predicted octanol–water partition coefficient (Wildman–Crippen LogP) is 13.1. The standard InChI is InChI=1S/C49H32N2O/c1-49(2)42-26-29(31-12-3-4-13-32(31)40-19-11-20-41-37-16-9-10-21-45(37)52-48(40)41)22-24-35(42)36-25-23-30(27-43(36)49)44-28-50-46-38-17-7-5-14-33(38)34-15-6-8-18-39(34)47(46)51-44/h3-28H,1-2H3. The van der Waals surface area contributed by atoms with Gasteiger partial charge in [0.05, 0.1) is 22.9 Å². The fourth-order valence-electron chi connectivity index (χ4n) is 8.76. The van der Waals surface area contributed by atoms with Crippen molar-refractivity contribution >= 4 is 54.5 Å². The molecule has 0 atom stereocenters. The van der Waals surface area contributed by atoms with E-state index < -0.39 is 0 Å². The number of furan rings is 1. The summed E-state index contributed by atoms with van der Waals surface area (Å²) >= 11 is 0. The molecule has 10 aromatic rings. The number of rotatable bonds is 3. The monoisotopic (exact) mass is 664 g/mol. The lowest BCUT2D eigenvalue weighted by Crippen LogP contribution is -2.15. The molecule has 0 saturated heterocycles. The fraction of sp³-hybridized carbons (Fsp3) is 0.0612. The van der Waals surface area contributed by atoms with Gasteiger partial charge in [-0.1, -0.05) is 147 Å². The molecule has 0 saturated carbocycles. The molecule has 0 N–H and O–H groups in total. The summed E-state index contributed by atoms with van der Waals surface area (Å²) in [6, 6.07) is 54.3. The van der Waals surface area contributed by atoms with Crippen LogP contribution < -0.4 is 0 Å². The molecule has 11 rings (SSSR count). The van der Waals surface area contributed by atoms with Gasteiger partial charge in [-0.25, -0.2) is 4.98 Å². The molecular weight excluding hydrogens is 633 g/mol. The zero-order valence-electron chi connectivity index (χ0n) is 28.8. The molecule has 0 fully saturated rings. The van der Waals surface area contributed by atoms with Crippen LogP contribution in [0, 0.1) is 0 Å². The first-order valence-electron chi connectivity index (χ1n) is 17.9. The molecule has 2 aromatic heterocycles. The number of hydrogen-bond donors (Lipinski definition) is 0.